The van der Waals surface area contributed by atoms with Crippen molar-refractivity contribution in [3.05, 3.63) is 35.4 Å². The Morgan fingerprint density at radius 2 is 1.73 bits per heavy atom. The lowest BCUT2D eigenvalue weighted by atomic mass is 10.1. The maximum atomic E-state index is 12.1. The van der Waals surface area contributed by atoms with E-state index in [1.165, 1.54) is 20.2 Å². The third-order valence-electron chi connectivity index (χ3n) is 3.17. The first kappa shape index (κ1) is 15.3. The van der Waals surface area contributed by atoms with E-state index in [0.29, 0.717) is 11.3 Å². The number of terminal acetylenes is 1. The van der Waals surface area contributed by atoms with E-state index in [1.807, 2.05) is 0 Å². The molecule has 6 heteroatoms. The molecule has 0 aromatic heterocycles. The molecule has 0 aliphatic carbocycles. The number of hydrogen-bond acceptors (Lipinski definition) is 4. The summed E-state index contributed by atoms with van der Waals surface area (Å²) >= 11 is 0. The van der Waals surface area contributed by atoms with E-state index >= 15 is 0 Å². The van der Waals surface area contributed by atoms with Gasteiger partial charge in [-0.3, -0.25) is 19.4 Å². The van der Waals surface area contributed by atoms with Gasteiger partial charge in [0.2, 0.25) is 0 Å². The molecule has 6 nitrogen and oxygen atoms in total. The summed E-state index contributed by atoms with van der Waals surface area (Å²) in [5.74, 6) is 1.50. The number of rotatable bonds is 3. The number of nitrogens with zero attached hydrogens (tertiary/aromatic N) is 2. The highest BCUT2D eigenvalue weighted by atomic mass is 16.5. The lowest BCUT2D eigenvalue weighted by molar-refractivity contribution is -0.134. The first-order valence-corrected chi connectivity index (χ1v) is 6.44. The normalized spacial score (nSPS) is 15.0. The Kier molecular flexibility index (Phi) is 4.28. The SMILES string of the molecule is C#CCOc1ccccc1C=C1C(=O)N(C)C(=O)N(C)C1=O. The predicted molar refractivity (Wildman–Crippen MR) is 79.7 cm³/mol. The first-order chi connectivity index (χ1) is 10.5. The highest BCUT2D eigenvalue weighted by Gasteiger charge is 2.37. The van der Waals surface area contributed by atoms with Crippen LogP contribution in [0.1, 0.15) is 5.56 Å². The van der Waals surface area contributed by atoms with Gasteiger partial charge in [-0.15, -0.1) is 6.42 Å². The Morgan fingerprint density at radius 3 is 2.32 bits per heavy atom. The minimum Gasteiger partial charge on any atom is -0.480 e. The van der Waals surface area contributed by atoms with Gasteiger partial charge in [-0.25, -0.2) is 4.79 Å². The lowest BCUT2D eigenvalue weighted by Gasteiger charge is -2.28. The van der Waals surface area contributed by atoms with Gasteiger partial charge in [0.05, 0.1) is 0 Å². The standard InChI is InChI=1S/C16H14N2O4/c1-4-9-22-13-8-6-5-7-11(13)10-12-14(19)17(2)16(21)18(3)15(12)20/h1,5-8,10H,9H2,2-3H3. The molecule has 0 radical (unpaired) electrons. The highest BCUT2D eigenvalue weighted by molar-refractivity contribution is 6.30. The van der Waals surface area contributed by atoms with E-state index in [9.17, 15) is 14.4 Å². The second-order valence-corrected chi connectivity index (χ2v) is 4.60. The van der Waals surface area contributed by atoms with Gasteiger partial charge in [-0.05, 0) is 12.1 Å². The van der Waals surface area contributed by atoms with Crippen LogP contribution in [0, 0.1) is 12.3 Å². The molecule has 2 rings (SSSR count). The molecule has 1 heterocycles. The summed E-state index contributed by atoms with van der Waals surface area (Å²) in [4.78, 5) is 37.7. The Morgan fingerprint density at radius 1 is 1.14 bits per heavy atom. The fourth-order valence-electron chi connectivity index (χ4n) is 1.98. The van der Waals surface area contributed by atoms with Gasteiger partial charge < -0.3 is 4.74 Å². The van der Waals surface area contributed by atoms with Crippen LogP contribution in [-0.2, 0) is 9.59 Å². The number of hydrogen-bond donors (Lipinski definition) is 0. The quantitative estimate of drug-likeness (QED) is 0.477. The monoisotopic (exact) mass is 298 g/mol. The van der Waals surface area contributed by atoms with Crippen molar-refractivity contribution in [2.24, 2.45) is 0 Å². The number of carbonyl (C=O) groups excluding carboxylic acids is 3. The third kappa shape index (κ3) is 2.69. The molecule has 1 saturated heterocycles. The van der Waals surface area contributed by atoms with Crippen LogP contribution in [0.15, 0.2) is 29.8 Å². The molecular formula is C16H14N2O4. The van der Waals surface area contributed by atoms with Crippen molar-refractivity contribution in [1.82, 2.24) is 9.80 Å². The van der Waals surface area contributed by atoms with Crippen molar-refractivity contribution in [3.63, 3.8) is 0 Å². The largest absolute Gasteiger partial charge is 0.480 e. The van der Waals surface area contributed by atoms with Crippen LogP contribution < -0.4 is 4.74 Å². The zero-order valence-electron chi connectivity index (χ0n) is 12.2. The molecule has 1 fully saturated rings. The number of likely N-dealkylation sites (N-methyl/N-ethyl adjacent to an activating group) is 2. The Labute approximate surface area is 128 Å². The predicted octanol–water partition coefficient (Wildman–Crippen LogP) is 1.13. The lowest BCUT2D eigenvalue weighted by Crippen LogP contribution is -2.52. The third-order valence-corrected chi connectivity index (χ3v) is 3.17. The van der Waals surface area contributed by atoms with Crippen molar-refractivity contribution in [2.75, 3.05) is 20.7 Å². The van der Waals surface area contributed by atoms with Gasteiger partial charge in [0.1, 0.15) is 17.9 Å². The number of urea groups is 1. The molecule has 1 aliphatic heterocycles. The minimum atomic E-state index is -0.663. The zero-order chi connectivity index (χ0) is 16.3. The molecule has 0 spiro atoms. The fourth-order valence-corrected chi connectivity index (χ4v) is 1.98. The van der Waals surface area contributed by atoms with Crippen LogP contribution in [-0.4, -0.2) is 48.3 Å². The van der Waals surface area contributed by atoms with E-state index in [-0.39, 0.29) is 12.2 Å². The highest BCUT2D eigenvalue weighted by Crippen LogP contribution is 2.24. The molecule has 0 N–H and O–H groups in total. The molecule has 0 atom stereocenters. The van der Waals surface area contributed by atoms with E-state index < -0.39 is 17.8 Å². The summed E-state index contributed by atoms with van der Waals surface area (Å²) in [7, 11) is 2.64. The summed E-state index contributed by atoms with van der Waals surface area (Å²) < 4.78 is 5.38. The molecule has 0 unspecified atom stereocenters. The number of benzene rings is 1. The average molecular weight is 298 g/mol. The molecule has 0 bridgehead atoms. The summed E-state index contributed by atoms with van der Waals surface area (Å²) in [6.45, 7) is 0.0698. The first-order valence-electron chi connectivity index (χ1n) is 6.44. The second-order valence-electron chi connectivity index (χ2n) is 4.60. The molecule has 0 saturated carbocycles. The smallest absolute Gasteiger partial charge is 0.333 e. The maximum Gasteiger partial charge on any atom is 0.333 e. The van der Waals surface area contributed by atoms with E-state index in [0.717, 1.165) is 9.80 Å². The van der Waals surface area contributed by atoms with E-state index in [4.69, 9.17) is 11.2 Å². The average Bonchev–Trinajstić information content (AvgIpc) is 2.54. The number of carbonyl (C=O) groups is 3. The van der Waals surface area contributed by atoms with Gasteiger partial charge in [0, 0.05) is 19.7 Å². The maximum absolute atomic E-state index is 12.1. The van der Waals surface area contributed by atoms with Crippen LogP contribution in [0.2, 0.25) is 0 Å². The topological polar surface area (TPSA) is 66.9 Å². The van der Waals surface area contributed by atoms with Gasteiger partial charge in [0.15, 0.2) is 0 Å². The fraction of sp³-hybridized carbons (Fsp3) is 0.188. The molecule has 4 amide bonds. The van der Waals surface area contributed by atoms with Gasteiger partial charge in [0.25, 0.3) is 11.8 Å². The molecule has 1 aromatic rings. The van der Waals surface area contributed by atoms with E-state index in [2.05, 4.69) is 5.92 Å². The Hall–Kier alpha value is -3.07. The van der Waals surface area contributed by atoms with Crippen molar-refractivity contribution in [2.45, 2.75) is 0 Å². The van der Waals surface area contributed by atoms with Crippen molar-refractivity contribution < 1.29 is 19.1 Å². The van der Waals surface area contributed by atoms with Crippen LogP contribution in [0.5, 0.6) is 5.75 Å². The van der Waals surface area contributed by atoms with Crippen LogP contribution in [0.25, 0.3) is 6.08 Å². The van der Waals surface area contributed by atoms with Crippen molar-refractivity contribution >= 4 is 23.9 Å². The molecule has 22 heavy (non-hydrogen) atoms. The minimum absolute atomic E-state index is 0.0698. The number of imide groups is 2. The van der Waals surface area contributed by atoms with Gasteiger partial charge in [-0.2, -0.15) is 0 Å². The Balaban J connectivity index is 2.44. The van der Waals surface area contributed by atoms with Crippen LogP contribution >= 0.6 is 0 Å². The van der Waals surface area contributed by atoms with E-state index in [1.54, 1.807) is 24.3 Å². The summed E-state index contributed by atoms with van der Waals surface area (Å²) in [5.41, 5.74) is 0.423. The van der Waals surface area contributed by atoms with Crippen LogP contribution in [0.3, 0.4) is 0 Å². The zero-order valence-corrected chi connectivity index (χ0v) is 12.2. The van der Waals surface area contributed by atoms with Crippen molar-refractivity contribution in [3.8, 4) is 18.1 Å². The second kappa shape index (κ2) is 6.14. The summed E-state index contributed by atoms with van der Waals surface area (Å²) in [5, 5.41) is 0. The number of barbiturate groups is 1. The number of amides is 4. The number of para-hydroxylation sites is 1. The van der Waals surface area contributed by atoms with Crippen LogP contribution in [0.4, 0.5) is 4.79 Å². The summed E-state index contributed by atoms with van der Waals surface area (Å²) in [6, 6.07) is 6.20. The molecule has 1 aromatic carbocycles. The van der Waals surface area contributed by atoms with Crippen molar-refractivity contribution in [1.29, 1.82) is 0 Å². The summed E-state index contributed by atoms with van der Waals surface area (Å²) in [6.07, 6.45) is 6.56. The van der Waals surface area contributed by atoms with Gasteiger partial charge in [-0.1, -0.05) is 24.1 Å². The molecule has 112 valence electrons. The molecule has 1 aliphatic rings. The van der Waals surface area contributed by atoms with Gasteiger partial charge >= 0.3 is 6.03 Å². The molecular weight excluding hydrogens is 284 g/mol. The Bertz CT molecular complexity index is 689. The number of ether oxygens (including phenoxy) is 1.